The number of aryl methyl sites for hydroxylation is 1. The molecule has 0 fully saturated rings. The fraction of sp³-hybridized carbons (Fsp3) is 0.200. The molecule has 1 aromatic heterocycles. The van der Waals surface area contributed by atoms with Gasteiger partial charge in [-0.1, -0.05) is 12.1 Å². The van der Waals surface area contributed by atoms with E-state index in [1.54, 1.807) is 25.1 Å². The zero-order valence-corrected chi connectivity index (χ0v) is 8.88. The Kier molecular flexibility index (Phi) is 2.29. The maximum Gasteiger partial charge on any atom is 0.368 e. The van der Waals surface area contributed by atoms with Crippen molar-refractivity contribution in [3.63, 3.8) is 0 Å². The first kappa shape index (κ1) is 10.1. The van der Waals surface area contributed by atoms with Gasteiger partial charge in [-0.15, -0.1) is 0 Å². The van der Waals surface area contributed by atoms with Crippen molar-refractivity contribution in [2.45, 2.75) is 6.92 Å². The third kappa shape index (κ3) is 1.39. The molecule has 0 aliphatic carbocycles. The highest BCUT2D eigenvalue weighted by Crippen LogP contribution is 2.23. The fourth-order valence-electron chi connectivity index (χ4n) is 1.43. The molecular formula is C10H9N5O. The van der Waals surface area contributed by atoms with Crippen LogP contribution in [0.15, 0.2) is 23.0 Å². The molecule has 0 radical (unpaired) electrons. The molecule has 80 valence electrons. The number of hydrogen-bond acceptors (Lipinski definition) is 3. The molecule has 0 bridgehead atoms. The lowest BCUT2D eigenvalue weighted by Gasteiger charge is -2.04. The van der Waals surface area contributed by atoms with Crippen molar-refractivity contribution in [3.8, 4) is 5.69 Å². The van der Waals surface area contributed by atoms with Gasteiger partial charge in [0.2, 0.25) is 0 Å². The van der Waals surface area contributed by atoms with Crippen molar-refractivity contribution < 1.29 is 0 Å². The van der Waals surface area contributed by atoms with E-state index in [2.05, 4.69) is 15.3 Å². The minimum absolute atomic E-state index is 0.328. The molecular weight excluding hydrogens is 206 g/mol. The van der Waals surface area contributed by atoms with Crippen molar-refractivity contribution in [2.75, 3.05) is 0 Å². The third-order valence-corrected chi connectivity index (χ3v) is 2.35. The number of rotatable bonds is 1. The Bertz CT molecular complexity index is 631. The van der Waals surface area contributed by atoms with Crippen LogP contribution in [0.25, 0.3) is 10.5 Å². The van der Waals surface area contributed by atoms with E-state index in [9.17, 15) is 4.79 Å². The second-order valence-electron chi connectivity index (χ2n) is 3.33. The standard InChI is InChI=1S/C10H9N5O/c1-7-8(11-2)5-4-6-9(7)15-10(16)14(3)12-13-15/h4-6H,1,3H3. The summed E-state index contributed by atoms with van der Waals surface area (Å²) in [5.74, 6) is 0. The molecule has 0 saturated carbocycles. The van der Waals surface area contributed by atoms with Gasteiger partial charge in [0.1, 0.15) is 0 Å². The highest BCUT2D eigenvalue weighted by molar-refractivity contribution is 5.59. The molecule has 1 heterocycles. The summed E-state index contributed by atoms with van der Waals surface area (Å²) in [5.41, 5.74) is 1.49. The minimum atomic E-state index is -0.328. The van der Waals surface area contributed by atoms with Crippen LogP contribution in [0, 0.1) is 13.5 Å². The summed E-state index contributed by atoms with van der Waals surface area (Å²) in [6.45, 7) is 8.78. The van der Waals surface area contributed by atoms with Crippen molar-refractivity contribution in [1.29, 1.82) is 0 Å². The third-order valence-electron chi connectivity index (χ3n) is 2.35. The summed E-state index contributed by atoms with van der Waals surface area (Å²) in [5, 5.41) is 7.36. The van der Waals surface area contributed by atoms with E-state index < -0.39 is 0 Å². The van der Waals surface area contributed by atoms with Gasteiger partial charge >= 0.3 is 5.69 Å². The first-order valence-electron chi connectivity index (χ1n) is 4.61. The van der Waals surface area contributed by atoms with Crippen LogP contribution in [0.4, 0.5) is 5.69 Å². The number of hydrogen-bond donors (Lipinski definition) is 0. The number of nitrogens with zero attached hydrogens (tertiary/aromatic N) is 5. The molecule has 16 heavy (non-hydrogen) atoms. The number of aromatic nitrogens is 4. The molecule has 6 nitrogen and oxygen atoms in total. The van der Waals surface area contributed by atoms with Gasteiger partial charge < -0.3 is 0 Å². The first-order valence-corrected chi connectivity index (χ1v) is 4.61. The highest BCUT2D eigenvalue weighted by atomic mass is 16.2. The summed E-state index contributed by atoms with van der Waals surface area (Å²) in [4.78, 5) is 15.0. The average Bonchev–Trinajstić information content (AvgIpc) is 2.61. The van der Waals surface area contributed by atoms with Gasteiger partial charge in [0.25, 0.3) is 0 Å². The predicted molar refractivity (Wildman–Crippen MR) is 57.6 cm³/mol. The normalized spacial score (nSPS) is 10.1. The molecule has 0 unspecified atom stereocenters. The molecule has 2 aromatic rings. The predicted octanol–water partition coefficient (Wildman–Crippen LogP) is 0.825. The van der Waals surface area contributed by atoms with Crippen LogP contribution in [-0.4, -0.2) is 19.8 Å². The lowest BCUT2D eigenvalue weighted by molar-refractivity contribution is 0.692. The number of benzene rings is 1. The topological polar surface area (TPSA) is 57.1 Å². The van der Waals surface area contributed by atoms with Crippen LogP contribution in [0.1, 0.15) is 5.56 Å². The van der Waals surface area contributed by atoms with Crippen LogP contribution >= 0.6 is 0 Å². The fourth-order valence-corrected chi connectivity index (χ4v) is 1.43. The summed E-state index contributed by atoms with van der Waals surface area (Å²) < 4.78 is 2.33. The molecule has 0 spiro atoms. The molecule has 0 amide bonds. The Hall–Kier alpha value is -2.42. The van der Waals surface area contributed by atoms with Gasteiger partial charge in [0, 0.05) is 7.05 Å². The van der Waals surface area contributed by atoms with Gasteiger partial charge in [0.05, 0.1) is 12.3 Å². The Morgan fingerprint density at radius 3 is 2.69 bits per heavy atom. The molecule has 0 aliphatic heterocycles. The lowest BCUT2D eigenvalue weighted by Crippen LogP contribution is -2.22. The highest BCUT2D eigenvalue weighted by Gasteiger charge is 2.10. The van der Waals surface area contributed by atoms with Crippen LogP contribution < -0.4 is 5.69 Å². The maximum atomic E-state index is 11.6. The molecule has 6 heteroatoms. The van der Waals surface area contributed by atoms with Gasteiger partial charge in [0.15, 0.2) is 5.69 Å². The zero-order valence-electron chi connectivity index (χ0n) is 8.88. The summed E-state index contributed by atoms with van der Waals surface area (Å²) in [7, 11) is 1.53. The SMILES string of the molecule is [C-]#[N+]c1cccc(-n2nnn(C)c2=O)c1C. The Labute approximate surface area is 91.5 Å². The molecule has 2 rings (SSSR count). The second-order valence-corrected chi connectivity index (χ2v) is 3.33. The van der Waals surface area contributed by atoms with Crippen LogP contribution in [0.5, 0.6) is 0 Å². The van der Waals surface area contributed by atoms with E-state index in [0.29, 0.717) is 11.4 Å². The lowest BCUT2D eigenvalue weighted by atomic mass is 10.1. The summed E-state index contributed by atoms with van der Waals surface area (Å²) >= 11 is 0. The van der Waals surface area contributed by atoms with E-state index in [1.807, 2.05) is 0 Å². The van der Waals surface area contributed by atoms with Gasteiger partial charge in [-0.2, -0.15) is 9.36 Å². The second kappa shape index (κ2) is 3.62. The van der Waals surface area contributed by atoms with E-state index in [-0.39, 0.29) is 5.69 Å². The smallest absolute Gasteiger partial charge is 0.244 e. The van der Waals surface area contributed by atoms with Crippen LogP contribution in [0.3, 0.4) is 0 Å². The van der Waals surface area contributed by atoms with Gasteiger partial charge in [-0.05, 0) is 29.0 Å². The molecule has 1 aromatic carbocycles. The van der Waals surface area contributed by atoms with E-state index in [1.165, 1.54) is 11.7 Å². The van der Waals surface area contributed by atoms with Crippen molar-refractivity contribution in [2.24, 2.45) is 7.05 Å². The monoisotopic (exact) mass is 215 g/mol. The van der Waals surface area contributed by atoms with Crippen LogP contribution in [0.2, 0.25) is 0 Å². The first-order chi connectivity index (χ1) is 7.65. The molecule has 0 aliphatic rings. The van der Waals surface area contributed by atoms with Crippen molar-refractivity contribution >= 4 is 5.69 Å². The van der Waals surface area contributed by atoms with E-state index >= 15 is 0 Å². The largest absolute Gasteiger partial charge is 0.368 e. The van der Waals surface area contributed by atoms with E-state index in [4.69, 9.17) is 6.57 Å². The van der Waals surface area contributed by atoms with Crippen LogP contribution in [-0.2, 0) is 7.05 Å². The summed E-state index contributed by atoms with van der Waals surface area (Å²) in [6, 6.07) is 5.16. The zero-order chi connectivity index (χ0) is 11.7. The molecule has 0 atom stereocenters. The Morgan fingerprint density at radius 1 is 1.38 bits per heavy atom. The Morgan fingerprint density at radius 2 is 2.12 bits per heavy atom. The molecule has 0 N–H and O–H groups in total. The quantitative estimate of drug-likeness (QED) is 0.662. The van der Waals surface area contributed by atoms with Gasteiger partial charge in [-0.25, -0.2) is 9.64 Å². The van der Waals surface area contributed by atoms with Crippen molar-refractivity contribution in [3.05, 3.63) is 45.7 Å². The van der Waals surface area contributed by atoms with E-state index in [0.717, 1.165) is 10.2 Å². The minimum Gasteiger partial charge on any atom is -0.244 e. The van der Waals surface area contributed by atoms with Crippen molar-refractivity contribution in [1.82, 2.24) is 19.8 Å². The maximum absolute atomic E-state index is 11.6. The summed E-state index contributed by atoms with van der Waals surface area (Å²) in [6.07, 6.45) is 0. The molecule has 0 saturated heterocycles. The average molecular weight is 215 g/mol. The van der Waals surface area contributed by atoms with Gasteiger partial charge in [-0.3, -0.25) is 0 Å². The number of tetrazole rings is 1. The Balaban J connectivity index is 2.71.